The first-order valence-corrected chi connectivity index (χ1v) is 12.2. The van der Waals surface area contributed by atoms with Crippen molar-refractivity contribution in [1.82, 2.24) is 19.9 Å². The van der Waals surface area contributed by atoms with E-state index >= 15 is 0 Å². The summed E-state index contributed by atoms with van der Waals surface area (Å²) in [4.78, 5) is 17.2. The minimum atomic E-state index is -3.11. The fourth-order valence-electron chi connectivity index (χ4n) is 2.70. The predicted octanol–water partition coefficient (Wildman–Crippen LogP) is 1.86. The van der Waals surface area contributed by atoms with E-state index in [0.29, 0.717) is 0 Å². The van der Waals surface area contributed by atoms with E-state index in [4.69, 9.17) is 26.6 Å². The Balaban J connectivity index is -0.000000238. The van der Waals surface area contributed by atoms with Gasteiger partial charge in [-0.2, -0.15) is 0 Å². The van der Waals surface area contributed by atoms with E-state index in [1.807, 2.05) is 73.3 Å². The van der Waals surface area contributed by atoms with Crippen LogP contribution in [0, 0.1) is 27.7 Å². The first kappa shape index (κ1) is 44.9. The molecule has 0 aliphatic carbocycles. The molecule has 4 rings (SSSR count). The van der Waals surface area contributed by atoms with Crippen LogP contribution in [0.2, 0.25) is 0 Å². The van der Waals surface area contributed by atoms with E-state index in [2.05, 4.69) is 47.6 Å². The third-order valence-corrected chi connectivity index (χ3v) is 4.19. The van der Waals surface area contributed by atoms with Gasteiger partial charge < -0.3 is 29.2 Å². The third-order valence-electron chi connectivity index (χ3n) is 4.19. The molecule has 12 nitrogen and oxygen atoms in total. The summed E-state index contributed by atoms with van der Waals surface area (Å²) in [5.74, 6) is 0. The predicted molar refractivity (Wildman–Crippen MR) is 141 cm³/mol. The monoisotopic (exact) mass is 692 g/mol. The summed E-state index contributed by atoms with van der Waals surface area (Å²) < 4.78 is 50.7. The Labute approximate surface area is 263 Å². The summed E-state index contributed by atoms with van der Waals surface area (Å²) in [6, 6.07) is 16.1. The standard InChI is InChI=1S/2C12H12N2.2H2O3S.2H2O.2Zn/c2*1-9-3-5-13-11(7-9)12-8-10(2)4-6-14-12;2*1-4(2)3;;;;/h2*3-8H,1-2H3;2*(H2,1,2,3);2*1H2;;/q;;;;;;2*+2/p-4. The molecule has 4 heterocycles. The molecule has 0 saturated heterocycles. The molecule has 0 unspecified atom stereocenters. The van der Waals surface area contributed by atoms with Crippen LogP contribution in [0.1, 0.15) is 22.3 Å². The van der Waals surface area contributed by atoms with Gasteiger partial charge in [0, 0.05) is 24.8 Å². The van der Waals surface area contributed by atoms with Gasteiger partial charge in [-0.05, 0) is 98.5 Å². The molecule has 0 aliphatic heterocycles. The number of aryl methyl sites for hydroxylation is 4. The molecule has 0 fully saturated rings. The van der Waals surface area contributed by atoms with Crippen molar-refractivity contribution in [2.24, 2.45) is 0 Å². The van der Waals surface area contributed by atoms with Crippen LogP contribution in [-0.4, -0.2) is 57.5 Å². The van der Waals surface area contributed by atoms with Crippen LogP contribution in [0.25, 0.3) is 22.8 Å². The van der Waals surface area contributed by atoms with Crippen molar-refractivity contribution in [3.63, 3.8) is 0 Å². The molecule has 0 bridgehead atoms. The molecule has 0 spiro atoms. The molecule has 0 aromatic carbocycles. The van der Waals surface area contributed by atoms with Crippen LogP contribution in [0.15, 0.2) is 73.3 Å². The Hall–Kier alpha value is -2.09. The van der Waals surface area contributed by atoms with Crippen LogP contribution in [-0.2, 0) is 61.7 Å². The fourth-order valence-corrected chi connectivity index (χ4v) is 2.70. The Morgan fingerprint density at radius 3 is 0.750 bits per heavy atom. The average Bonchev–Trinajstić information content (AvgIpc) is 2.79. The van der Waals surface area contributed by atoms with Crippen molar-refractivity contribution in [3.8, 4) is 22.8 Å². The molecule has 40 heavy (non-hydrogen) atoms. The molecule has 4 aromatic heterocycles. The van der Waals surface area contributed by atoms with Crippen LogP contribution in [0.5, 0.6) is 0 Å². The van der Waals surface area contributed by atoms with Crippen molar-refractivity contribution in [3.05, 3.63) is 95.6 Å². The first-order valence-electron chi connectivity index (χ1n) is 10.2. The molecule has 4 aromatic rings. The van der Waals surface area contributed by atoms with Crippen molar-refractivity contribution < 1.29 is 76.5 Å². The molecule has 4 N–H and O–H groups in total. The zero-order valence-electron chi connectivity index (χ0n) is 22.4. The summed E-state index contributed by atoms with van der Waals surface area (Å²) in [5, 5.41) is 0. The van der Waals surface area contributed by atoms with Gasteiger partial charge >= 0.3 is 39.0 Å². The SMILES string of the molecule is Cc1ccnc(-c2cc(C)ccn2)c1.Cc1ccnc(-c2cc(C)ccn2)c1.O.O.O=S([O-])[O-].O=S([O-])[O-].[Zn+2].[Zn+2]. The number of rotatable bonds is 2. The Morgan fingerprint density at radius 1 is 0.475 bits per heavy atom. The second-order valence-corrected chi connectivity index (χ2v) is 8.10. The zero-order valence-corrected chi connectivity index (χ0v) is 30.0. The van der Waals surface area contributed by atoms with Gasteiger partial charge in [-0.25, -0.2) is 0 Å². The zero-order chi connectivity index (χ0) is 27.1. The van der Waals surface area contributed by atoms with E-state index < -0.39 is 22.7 Å². The van der Waals surface area contributed by atoms with E-state index in [-0.39, 0.29) is 49.9 Å². The summed E-state index contributed by atoms with van der Waals surface area (Å²) >= 11 is -6.22. The van der Waals surface area contributed by atoms with Gasteiger partial charge in [-0.15, -0.1) is 22.7 Å². The summed E-state index contributed by atoms with van der Waals surface area (Å²) in [5.41, 5.74) is 8.58. The minimum Gasteiger partial charge on any atom is -0.784 e. The van der Waals surface area contributed by atoms with Gasteiger partial charge in [0.05, 0.1) is 22.8 Å². The number of hydrogen-bond acceptors (Lipinski definition) is 10. The summed E-state index contributed by atoms with van der Waals surface area (Å²) in [6.45, 7) is 8.23. The van der Waals surface area contributed by atoms with E-state index in [0.717, 1.165) is 22.8 Å². The van der Waals surface area contributed by atoms with Gasteiger partial charge in [0.2, 0.25) is 0 Å². The largest absolute Gasteiger partial charge is 2.00 e. The second-order valence-electron chi connectivity index (χ2n) is 7.28. The Morgan fingerprint density at radius 2 is 0.625 bits per heavy atom. The maximum Gasteiger partial charge on any atom is 2.00 e. The van der Waals surface area contributed by atoms with E-state index in [1.54, 1.807) is 0 Å². The maximum atomic E-state index is 8.44. The summed E-state index contributed by atoms with van der Waals surface area (Å²) in [6.07, 6.45) is 7.26. The van der Waals surface area contributed by atoms with Gasteiger partial charge in [0.1, 0.15) is 0 Å². The average molecular weight is 695 g/mol. The molecule has 0 radical (unpaired) electrons. The number of hydrogen-bond donors (Lipinski definition) is 0. The topological polar surface area (TPSA) is 241 Å². The third kappa shape index (κ3) is 20.8. The Bertz CT molecular complexity index is 1110. The second kappa shape index (κ2) is 24.7. The fraction of sp³-hybridized carbons (Fsp3) is 0.167. The molecule has 0 amide bonds. The number of aromatic nitrogens is 4. The van der Waals surface area contributed by atoms with Gasteiger partial charge in [-0.3, -0.25) is 28.4 Å². The molecular weight excluding hydrogens is 667 g/mol. The van der Waals surface area contributed by atoms with Crippen LogP contribution in [0.4, 0.5) is 0 Å². The quantitative estimate of drug-likeness (QED) is 0.218. The molecular formula is C24H28N4O8S2Zn2. The first-order chi connectivity index (χ1) is 17.0. The van der Waals surface area contributed by atoms with Crippen molar-refractivity contribution in [2.75, 3.05) is 0 Å². The van der Waals surface area contributed by atoms with Crippen molar-refractivity contribution in [2.45, 2.75) is 27.7 Å². The van der Waals surface area contributed by atoms with Crippen LogP contribution >= 0.6 is 0 Å². The number of nitrogens with zero attached hydrogens (tertiary/aromatic N) is 4. The normalized spacial score (nSPS) is 8.85. The van der Waals surface area contributed by atoms with Gasteiger partial charge in [0.25, 0.3) is 0 Å². The van der Waals surface area contributed by atoms with Gasteiger partial charge in [0.15, 0.2) is 0 Å². The van der Waals surface area contributed by atoms with Crippen molar-refractivity contribution in [1.29, 1.82) is 0 Å². The Kier molecular flexibility index (Phi) is 27.7. The molecule has 208 valence electrons. The van der Waals surface area contributed by atoms with E-state index in [1.165, 1.54) is 22.3 Å². The summed E-state index contributed by atoms with van der Waals surface area (Å²) in [7, 11) is 0. The molecule has 0 saturated carbocycles. The van der Waals surface area contributed by atoms with Crippen LogP contribution in [0.3, 0.4) is 0 Å². The van der Waals surface area contributed by atoms with Crippen LogP contribution < -0.4 is 0 Å². The van der Waals surface area contributed by atoms with E-state index in [9.17, 15) is 0 Å². The smallest absolute Gasteiger partial charge is 0.784 e. The molecule has 16 heteroatoms. The van der Waals surface area contributed by atoms with Gasteiger partial charge in [-0.1, -0.05) is 0 Å². The molecule has 0 aliphatic rings. The number of pyridine rings is 4. The van der Waals surface area contributed by atoms with Crippen molar-refractivity contribution >= 4 is 22.7 Å². The maximum absolute atomic E-state index is 8.44. The molecule has 0 atom stereocenters. The minimum absolute atomic E-state index is 0.